The SMILES string of the molecule is CCCCCC(CC)OC(=O)C(CC(C)C(=O)OCCOCCOCC)CC(C)(CSCC(O)CO)C(=O)OC. The molecule has 0 saturated heterocycles. The summed E-state index contributed by atoms with van der Waals surface area (Å²) in [7, 11) is 1.29. The fourth-order valence-electron chi connectivity index (χ4n) is 4.19. The zero-order valence-electron chi connectivity index (χ0n) is 25.5. The molecule has 0 aliphatic carbocycles. The van der Waals surface area contributed by atoms with Crippen LogP contribution in [0.1, 0.15) is 79.6 Å². The highest BCUT2D eigenvalue weighted by molar-refractivity contribution is 7.99. The van der Waals surface area contributed by atoms with Crippen LogP contribution in [0, 0.1) is 17.3 Å². The molecule has 0 radical (unpaired) electrons. The van der Waals surface area contributed by atoms with Crippen LogP contribution in [-0.2, 0) is 38.1 Å². The maximum absolute atomic E-state index is 13.5. The van der Waals surface area contributed by atoms with Gasteiger partial charge in [0.1, 0.15) is 12.7 Å². The van der Waals surface area contributed by atoms with Gasteiger partial charge in [-0.1, -0.05) is 33.6 Å². The number of carbonyl (C=O) groups excluding carboxylic acids is 3. The van der Waals surface area contributed by atoms with Crippen LogP contribution in [0.3, 0.4) is 0 Å². The van der Waals surface area contributed by atoms with Gasteiger partial charge >= 0.3 is 17.9 Å². The third-order valence-electron chi connectivity index (χ3n) is 6.61. The molecule has 0 fully saturated rings. The van der Waals surface area contributed by atoms with E-state index in [2.05, 4.69) is 6.92 Å². The zero-order valence-corrected chi connectivity index (χ0v) is 26.3. The second-order valence-electron chi connectivity index (χ2n) is 10.4. The Morgan fingerprint density at radius 2 is 1.65 bits per heavy atom. The molecule has 11 heteroatoms. The Morgan fingerprint density at radius 1 is 0.975 bits per heavy atom. The molecule has 0 aliphatic rings. The van der Waals surface area contributed by atoms with Gasteiger partial charge in [0.25, 0.3) is 0 Å². The van der Waals surface area contributed by atoms with Gasteiger partial charge in [0.05, 0.1) is 56.9 Å². The Hall–Kier alpha value is -1.40. The summed E-state index contributed by atoms with van der Waals surface area (Å²) in [6, 6.07) is 0. The van der Waals surface area contributed by atoms with E-state index in [0.717, 1.165) is 25.7 Å². The molecule has 0 aliphatic heterocycles. The summed E-state index contributed by atoms with van der Waals surface area (Å²) >= 11 is 1.29. The van der Waals surface area contributed by atoms with E-state index in [1.807, 2.05) is 13.8 Å². The lowest BCUT2D eigenvalue weighted by Crippen LogP contribution is -2.38. The summed E-state index contributed by atoms with van der Waals surface area (Å²) in [6.45, 7) is 10.8. The number of thioether (sulfide) groups is 1. The highest BCUT2D eigenvalue weighted by Crippen LogP contribution is 2.35. The van der Waals surface area contributed by atoms with E-state index < -0.39 is 41.3 Å². The molecule has 0 bridgehead atoms. The molecule has 0 heterocycles. The van der Waals surface area contributed by atoms with Crippen LogP contribution in [-0.4, -0.2) is 98.6 Å². The number of ether oxygens (including phenoxy) is 5. The second kappa shape index (κ2) is 23.2. The van der Waals surface area contributed by atoms with E-state index in [4.69, 9.17) is 28.8 Å². The van der Waals surface area contributed by atoms with Crippen LogP contribution in [0.15, 0.2) is 0 Å². The number of methoxy groups -OCH3 is 1. The summed E-state index contributed by atoms with van der Waals surface area (Å²) in [5, 5.41) is 18.9. The Morgan fingerprint density at radius 3 is 2.25 bits per heavy atom. The van der Waals surface area contributed by atoms with E-state index in [0.29, 0.717) is 26.2 Å². The van der Waals surface area contributed by atoms with Crippen LogP contribution in [0.5, 0.6) is 0 Å². The molecular weight excluding hydrogens is 540 g/mol. The van der Waals surface area contributed by atoms with Crippen LogP contribution >= 0.6 is 11.8 Å². The molecule has 0 saturated carbocycles. The minimum Gasteiger partial charge on any atom is -0.469 e. The summed E-state index contributed by atoms with van der Waals surface area (Å²) in [4.78, 5) is 39.1. The molecule has 5 atom stereocenters. The first kappa shape index (κ1) is 38.6. The third kappa shape index (κ3) is 16.8. The summed E-state index contributed by atoms with van der Waals surface area (Å²) in [5.41, 5.74) is -1.08. The molecule has 0 aromatic heterocycles. The number of esters is 3. The number of rotatable bonds is 25. The van der Waals surface area contributed by atoms with Gasteiger partial charge in [0.2, 0.25) is 0 Å². The molecule has 2 N–H and O–H groups in total. The monoisotopic (exact) mass is 594 g/mol. The van der Waals surface area contributed by atoms with Gasteiger partial charge in [0, 0.05) is 18.1 Å². The van der Waals surface area contributed by atoms with E-state index >= 15 is 0 Å². The molecule has 40 heavy (non-hydrogen) atoms. The van der Waals surface area contributed by atoms with Crippen molar-refractivity contribution in [2.45, 2.75) is 91.8 Å². The lowest BCUT2D eigenvalue weighted by Gasteiger charge is -2.31. The van der Waals surface area contributed by atoms with E-state index in [1.165, 1.54) is 18.9 Å². The number of hydrogen-bond acceptors (Lipinski definition) is 11. The van der Waals surface area contributed by atoms with Crippen molar-refractivity contribution in [1.82, 2.24) is 0 Å². The van der Waals surface area contributed by atoms with Crippen molar-refractivity contribution in [2.75, 3.05) is 58.3 Å². The van der Waals surface area contributed by atoms with Crippen molar-refractivity contribution < 1.29 is 48.3 Å². The topological polar surface area (TPSA) is 138 Å². The first-order valence-electron chi connectivity index (χ1n) is 14.6. The van der Waals surface area contributed by atoms with Crippen molar-refractivity contribution >= 4 is 29.7 Å². The average molecular weight is 595 g/mol. The van der Waals surface area contributed by atoms with Gasteiger partial charge in [0.15, 0.2) is 0 Å². The number of hydrogen-bond donors (Lipinski definition) is 2. The predicted molar refractivity (Wildman–Crippen MR) is 155 cm³/mol. The van der Waals surface area contributed by atoms with Gasteiger partial charge in [-0.2, -0.15) is 11.8 Å². The van der Waals surface area contributed by atoms with Gasteiger partial charge < -0.3 is 33.9 Å². The smallest absolute Gasteiger partial charge is 0.312 e. The average Bonchev–Trinajstić information content (AvgIpc) is 2.94. The van der Waals surface area contributed by atoms with E-state index in [9.17, 15) is 19.5 Å². The van der Waals surface area contributed by atoms with Crippen molar-refractivity contribution in [3.8, 4) is 0 Å². The van der Waals surface area contributed by atoms with E-state index in [-0.39, 0.29) is 50.3 Å². The fourth-order valence-corrected chi connectivity index (χ4v) is 5.37. The molecule has 10 nitrogen and oxygen atoms in total. The maximum atomic E-state index is 13.5. The summed E-state index contributed by atoms with van der Waals surface area (Å²) < 4.78 is 26.9. The Bertz CT molecular complexity index is 692. The quantitative estimate of drug-likeness (QED) is 0.0907. The first-order valence-corrected chi connectivity index (χ1v) is 15.7. The number of unbranched alkanes of at least 4 members (excludes halogenated alkanes) is 2. The second-order valence-corrected chi connectivity index (χ2v) is 11.4. The van der Waals surface area contributed by atoms with Gasteiger partial charge in [-0.05, 0) is 46.0 Å². The van der Waals surface area contributed by atoms with Crippen LogP contribution in [0.25, 0.3) is 0 Å². The normalized spacial score (nSPS) is 15.9. The maximum Gasteiger partial charge on any atom is 0.312 e. The van der Waals surface area contributed by atoms with Gasteiger partial charge in [-0.25, -0.2) is 0 Å². The molecule has 0 aromatic carbocycles. The molecule has 5 unspecified atom stereocenters. The lowest BCUT2D eigenvalue weighted by molar-refractivity contribution is -0.160. The zero-order chi connectivity index (χ0) is 30.4. The third-order valence-corrected chi connectivity index (χ3v) is 8.07. The largest absolute Gasteiger partial charge is 0.469 e. The minimum absolute atomic E-state index is 0.0868. The standard InChI is InChI=1S/C29H54O10S/c1-7-10-11-12-25(8-2)39-27(33)23(17-22(4)26(32)38-16-15-37-14-13-36-9-3)18-29(5,28(34)35-6)21-40-20-24(31)19-30/h22-25,30-31H,7-21H2,1-6H3. The lowest BCUT2D eigenvalue weighted by atomic mass is 9.79. The molecule has 0 spiro atoms. The Labute approximate surface area is 245 Å². The number of aliphatic hydroxyl groups excluding tert-OH is 2. The Balaban J connectivity index is 5.51. The highest BCUT2D eigenvalue weighted by atomic mass is 32.2. The fraction of sp³-hybridized carbons (Fsp3) is 0.897. The highest BCUT2D eigenvalue weighted by Gasteiger charge is 2.41. The van der Waals surface area contributed by atoms with Gasteiger partial charge in [-0.15, -0.1) is 0 Å². The first-order chi connectivity index (χ1) is 19.1. The number of aliphatic hydroxyl groups is 2. The number of carbonyl (C=O) groups is 3. The van der Waals surface area contributed by atoms with Crippen molar-refractivity contribution in [1.29, 1.82) is 0 Å². The van der Waals surface area contributed by atoms with Crippen molar-refractivity contribution in [3.63, 3.8) is 0 Å². The van der Waals surface area contributed by atoms with Crippen LogP contribution < -0.4 is 0 Å². The predicted octanol–water partition coefficient (Wildman–Crippen LogP) is 3.78. The minimum atomic E-state index is -1.08. The Kier molecular flexibility index (Phi) is 22.4. The van der Waals surface area contributed by atoms with Crippen molar-refractivity contribution in [2.24, 2.45) is 17.3 Å². The molecular formula is C29H54O10S. The molecule has 0 amide bonds. The summed E-state index contributed by atoms with van der Waals surface area (Å²) in [6.07, 6.45) is 3.58. The summed E-state index contributed by atoms with van der Waals surface area (Å²) in [5.74, 6) is -2.29. The van der Waals surface area contributed by atoms with E-state index in [1.54, 1.807) is 13.8 Å². The van der Waals surface area contributed by atoms with Crippen LogP contribution in [0.4, 0.5) is 0 Å². The molecule has 0 rings (SSSR count). The molecule has 0 aromatic rings. The van der Waals surface area contributed by atoms with Gasteiger partial charge in [-0.3, -0.25) is 14.4 Å². The van der Waals surface area contributed by atoms with Crippen LogP contribution in [0.2, 0.25) is 0 Å². The van der Waals surface area contributed by atoms with Crippen molar-refractivity contribution in [3.05, 3.63) is 0 Å². The molecule has 236 valence electrons.